The molecule has 5 aliphatic carbocycles. The van der Waals surface area contributed by atoms with Gasteiger partial charge in [-0.1, -0.05) is 6.92 Å². The normalized spacial score (nSPS) is 50.5. The third-order valence-corrected chi connectivity index (χ3v) is 11.0. The van der Waals surface area contributed by atoms with Gasteiger partial charge in [0.05, 0.1) is 23.9 Å². The second-order valence-corrected chi connectivity index (χ2v) is 12.6. The molecule has 10 nitrogen and oxygen atoms in total. The number of hydrogen-bond acceptors (Lipinski definition) is 9. The van der Waals surface area contributed by atoms with Crippen molar-refractivity contribution in [1.82, 2.24) is 0 Å². The van der Waals surface area contributed by atoms with Crippen LogP contribution in [0.3, 0.4) is 0 Å². The number of ether oxygens (including phenoxy) is 1. The maximum absolute atomic E-state index is 14.1. The zero-order chi connectivity index (χ0) is 27.3. The van der Waals surface area contributed by atoms with Gasteiger partial charge in [-0.15, -0.1) is 0 Å². The Labute approximate surface area is 220 Å². The molecule has 13 atom stereocenters. The molecule has 0 bridgehead atoms. The summed E-state index contributed by atoms with van der Waals surface area (Å²) in [6.07, 6.45) is 0.974. The molecule has 0 saturated heterocycles. The van der Waals surface area contributed by atoms with E-state index in [1.165, 1.54) is 5.57 Å². The van der Waals surface area contributed by atoms with Crippen LogP contribution in [0.15, 0.2) is 11.3 Å². The monoisotopic (exact) mass is 531 g/mol. The summed E-state index contributed by atoms with van der Waals surface area (Å²) in [6, 6.07) is 0. The van der Waals surface area contributed by atoms with Gasteiger partial charge in [0.2, 0.25) is 5.91 Å². The van der Waals surface area contributed by atoms with Crippen molar-refractivity contribution in [3.63, 3.8) is 0 Å². The lowest BCUT2D eigenvalue weighted by Crippen LogP contribution is -2.76. The van der Waals surface area contributed by atoms with Crippen LogP contribution in [0.1, 0.15) is 58.3 Å². The molecular formula is C28H37NO9. The third-order valence-electron chi connectivity index (χ3n) is 11.0. The summed E-state index contributed by atoms with van der Waals surface area (Å²) in [5.74, 6) is -9.85. The Morgan fingerprint density at radius 1 is 1.00 bits per heavy atom. The number of aliphatic hydroxyl groups excluding tert-OH is 3. The molecule has 38 heavy (non-hydrogen) atoms. The lowest BCUT2D eigenvalue weighted by molar-refractivity contribution is -0.242. The molecule has 1 heterocycles. The lowest BCUT2D eigenvalue weighted by atomic mass is 9.45. The number of primary amides is 1. The second-order valence-electron chi connectivity index (χ2n) is 12.6. The van der Waals surface area contributed by atoms with E-state index in [0.717, 1.165) is 37.9 Å². The molecule has 1 amide bonds. The molecule has 1 aliphatic heterocycles. The Bertz CT molecular complexity index is 1100. The zero-order valence-electron chi connectivity index (χ0n) is 21.5. The van der Waals surface area contributed by atoms with E-state index in [-0.39, 0.29) is 23.9 Å². The van der Waals surface area contributed by atoms with Crippen LogP contribution in [0, 0.1) is 47.3 Å². The van der Waals surface area contributed by atoms with E-state index in [1.54, 1.807) is 0 Å². The topological polar surface area (TPSA) is 184 Å². The quantitative estimate of drug-likeness (QED) is 0.301. The van der Waals surface area contributed by atoms with Crippen molar-refractivity contribution in [3.8, 4) is 0 Å². The van der Waals surface area contributed by atoms with Crippen molar-refractivity contribution in [2.24, 2.45) is 53.1 Å². The number of Topliss-reactive ketones (excluding diaryl/α,β-unsaturated/α-hetero) is 3. The van der Waals surface area contributed by atoms with E-state index >= 15 is 0 Å². The highest BCUT2D eigenvalue weighted by Gasteiger charge is 2.71. The van der Waals surface area contributed by atoms with Crippen LogP contribution in [-0.2, 0) is 23.9 Å². The lowest BCUT2D eigenvalue weighted by Gasteiger charge is -2.61. The SMILES string of the molecule is C[C@H]1C2C(C3CC4=C(CCCC4)O3)CCC(O)C2C(=O)C2C(O)[C@]3(O)C(=O)C(C(N)=O)C(=O)C[C@@H]3[C@@H](O)[C@@H]21. The number of amides is 1. The predicted molar refractivity (Wildman–Crippen MR) is 130 cm³/mol. The van der Waals surface area contributed by atoms with Crippen molar-refractivity contribution in [1.29, 1.82) is 0 Å². The fourth-order valence-corrected chi connectivity index (χ4v) is 9.30. The fraction of sp³-hybridized carbons (Fsp3) is 0.786. The van der Waals surface area contributed by atoms with Crippen LogP contribution in [0.2, 0.25) is 0 Å². The number of nitrogens with two attached hydrogens (primary N) is 1. The largest absolute Gasteiger partial charge is 0.494 e. The first kappa shape index (κ1) is 26.1. The smallest absolute Gasteiger partial charge is 0.235 e. The van der Waals surface area contributed by atoms with Crippen molar-refractivity contribution < 1.29 is 44.3 Å². The molecule has 0 aromatic heterocycles. The summed E-state index contributed by atoms with van der Waals surface area (Å²) in [5.41, 5.74) is 3.92. The van der Waals surface area contributed by atoms with Gasteiger partial charge in [0, 0.05) is 42.9 Å². The van der Waals surface area contributed by atoms with Crippen molar-refractivity contribution in [3.05, 3.63) is 11.3 Å². The van der Waals surface area contributed by atoms with Crippen LogP contribution in [0.4, 0.5) is 0 Å². The average Bonchev–Trinajstić information content (AvgIpc) is 3.30. The maximum Gasteiger partial charge on any atom is 0.235 e. The van der Waals surface area contributed by atoms with Gasteiger partial charge in [-0.3, -0.25) is 19.2 Å². The highest BCUT2D eigenvalue weighted by atomic mass is 16.5. The number of hydrogen-bond donors (Lipinski definition) is 5. The van der Waals surface area contributed by atoms with Crippen molar-refractivity contribution in [2.75, 3.05) is 0 Å². The van der Waals surface area contributed by atoms with Crippen LogP contribution in [0.25, 0.3) is 0 Å². The summed E-state index contributed by atoms with van der Waals surface area (Å²) < 4.78 is 6.42. The summed E-state index contributed by atoms with van der Waals surface area (Å²) in [7, 11) is 0. The molecule has 6 N–H and O–H groups in total. The molecule has 4 saturated carbocycles. The van der Waals surface area contributed by atoms with E-state index < -0.39 is 83.2 Å². The van der Waals surface area contributed by atoms with Crippen LogP contribution >= 0.6 is 0 Å². The molecule has 8 unspecified atom stereocenters. The van der Waals surface area contributed by atoms with Crippen LogP contribution in [-0.4, -0.2) is 73.7 Å². The first-order chi connectivity index (χ1) is 18.0. The molecular weight excluding hydrogens is 494 g/mol. The third kappa shape index (κ3) is 3.39. The Kier molecular flexibility index (Phi) is 6.14. The van der Waals surface area contributed by atoms with Gasteiger partial charge in [-0.05, 0) is 49.5 Å². The Morgan fingerprint density at radius 2 is 1.71 bits per heavy atom. The number of aliphatic hydroxyl groups is 4. The Balaban J connectivity index is 1.36. The highest BCUT2D eigenvalue weighted by Crippen LogP contribution is 2.59. The first-order valence-electron chi connectivity index (χ1n) is 14.0. The summed E-state index contributed by atoms with van der Waals surface area (Å²) in [5, 5.41) is 45.6. The van der Waals surface area contributed by atoms with E-state index in [0.29, 0.717) is 12.8 Å². The van der Waals surface area contributed by atoms with Gasteiger partial charge in [-0.2, -0.15) is 0 Å². The maximum atomic E-state index is 14.1. The van der Waals surface area contributed by atoms with Crippen LogP contribution < -0.4 is 5.73 Å². The predicted octanol–water partition coefficient (Wildman–Crippen LogP) is -0.216. The minimum absolute atomic E-state index is 0.0482. The standard InChI is InChI=1S/C28H37NO9/c1-10-18-12(17-8-11-4-2-3-5-16(11)38-17)6-7-14(30)20(18)24(33)22-19(10)23(32)13-9-15(31)21(27(29)36)25(34)28(13,37)26(22)35/h10,12-14,17-23,26,30,32,35,37H,2-9H2,1H3,(H2,29,36)/t10-,12?,13+,14?,17?,18?,19+,20?,21?,22?,23+,26?,28+/m0/s1. The van der Waals surface area contributed by atoms with Gasteiger partial charge in [0.1, 0.15) is 18.0 Å². The number of carbonyl (C=O) groups is 4. The molecule has 0 radical (unpaired) electrons. The van der Waals surface area contributed by atoms with Crippen molar-refractivity contribution in [2.45, 2.75) is 88.3 Å². The minimum Gasteiger partial charge on any atom is -0.494 e. The Morgan fingerprint density at radius 3 is 2.39 bits per heavy atom. The number of fused-ring (bicyclic) bond motifs is 3. The van der Waals surface area contributed by atoms with Gasteiger partial charge in [-0.25, -0.2) is 0 Å². The molecule has 208 valence electrons. The van der Waals surface area contributed by atoms with E-state index in [9.17, 15) is 39.6 Å². The molecule has 0 spiro atoms. The van der Waals surface area contributed by atoms with E-state index in [4.69, 9.17) is 10.5 Å². The number of carbonyl (C=O) groups excluding carboxylic acids is 4. The number of rotatable bonds is 2. The molecule has 0 aromatic rings. The fourth-order valence-electron chi connectivity index (χ4n) is 9.30. The summed E-state index contributed by atoms with van der Waals surface area (Å²) in [6.45, 7) is 1.88. The van der Waals surface area contributed by atoms with Gasteiger partial charge >= 0.3 is 0 Å². The van der Waals surface area contributed by atoms with Crippen LogP contribution in [0.5, 0.6) is 0 Å². The van der Waals surface area contributed by atoms with Gasteiger partial charge < -0.3 is 30.9 Å². The average molecular weight is 532 g/mol. The number of allylic oxidation sites excluding steroid dienone is 1. The number of ketones is 3. The minimum atomic E-state index is -2.67. The first-order valence-corrected chi connectivity index (χ1v) is 14.0. The second kappa shape index (κ2) is 8.94. The molecule has 6 aliphatic rings. The highest BCUT2D eigenvalue weighted by molar-refractivity contribution is 6.22. The molecule has 0 aromatic carbocycles. The zero-order valence-corrected chi connectivity index (χ0v) is 21.5. The summed E-state index contributed by atoms with van der Waals surface area (Å²) in [4.78, 5) is 51.8. The van der Waals surface area contributed by atoms with E-state index in [2.05, 4.69) is 0 Å². The van der Waals surface area contributed by atoms with E-state index in [1.807, 2.05) is 6.92 Å². The molecule has 10 heteroatoms. The van der Waals surface area contributed by atoms with Gasteiger partial charge in [0.15, 0.2) is 23.1 Å². The van der Waals surface area contributed by atoms with Crippen molar-refractivity contribution >= 4 is 23.3 Å². The molecule has 6 rings (SSSR count). The Hall–Kier alpha value is -2.14. The van der Waals surface area contributed by atoms with Gasteiger partial charge in [0.25, 0.3) is 0 Å². The molecule has 4 fully saturated rings. The summed E-state index contributed by atoms with van der Waals surface area (Å²) >= 11 is 0.